The number of carboxylic acids is 1. The quantitative estimate of drug-likeness (QED) is 0.859. The lowest BCUT2D eigenvalue weighted by atomic mass is 10.2. The summed E-state index contributed by atoms with van der Waals surface area (Å²) in [7, 11) is 0. The maximum absolute atomic E-state index is 11.8. The molecule has 0 saturated heterocycles. The van der Waals surface area contributed by atoms with Crippen molar-refractivity contribution < 1.29 is 14.7 Å². The van der Waals surface area contributed by atoms with E-state index in [1.54, 1.807) is 18.2 Å². The standard InChI is InChI=1S/C12H8Cl2O3S/c13-7-3-6-4-11(9(15)1-2-12(16)17)18-10(6)5-8(7)14/h3-5H,1-2H2,(H,16,17). The Morgan fingerprint density at radius 3 is 2.44 bits per heavy atom. The molecule has 0 spiro atoms. The molecule has 2 aromatic rings. The van der Waals surface area contributed by atoms with E-state index >= 15 is 0 Å². The molecule has 0 aliphatic carbocycles. The van der Waals surface area contributed by atoms with Crippen LogP contribution >= 0.6 is 34.5 Å². The molecule has 1 heterocycles. The zero-order chi connectivity index (χ0) is 13.3. The first kappa shape index (κ1) is 13.3. The van der Waals surface area contributed by atoms with E-state index in [-0.39, 0.29) is 18.6 Å². The summed E-state index contributed by atoms with van der Waals surface area (Å²) < 4.78 is 0.864. The molecule has 0 unspecified atom stereocenters. The highest BCUT2D eigenvalue weighted by atomic mass is 35.5. The smallest absolute Gasteiger partial charge is 0.303 e. The van der Waals surface area contributed by atoms with Gasteiger partial charge >= 0.3 is 5.97 Å². The van der Waals surface area contributed by atoms with E-state index in [0.717, 1.165) is 10.1 Å². The molecule has 3 nitrogen and oxygen atoms in total. The Morgan fingerprint density at radius 1 is 1.11 bits per heavy atom. The summed E-state index contributed by atoms with van der Waals surface area (Å²) in [5, 5.41) is 10.3. The van der Waals surface area contributed by atoms with Crippen LogP contribution in [0.15, 0.2) is 18.2 Å². The van der Waals surface area contributed by atoms with E-state index in [4.69, 9.17) is 28.3 Å². The lowest BCUT2D eigenvalue weighted by molar-refractivity contribution is -0.136. The van der Waals surface area contributed by atoms with Crippen molar-refractivity contribution in [3.8, 4) is 0 Å². The summed E-state index contributed by atoms with van der Waals surface area (Å²) in [4.78, 5) is 22.7. The van der Waals surface area contributed by atoms with E-state index in [1.807, 2.05) is 0 Å². The van der Waals surface area contributed by atoms with Gasteiger partial charge in [0.05, 0.1) is 21.3 Å². The van der Waals surface area contributed by atoms with Crippen LogP contribution < -0.4 is 0 Å². The van der Waals surface area contributed by atoms with E-state index in [9.17, 15) is 9.59 Å². The number of hydrogen-bond donors (Lipinski definition) is 1. The van der Waals surface area contributed by atoms with E-state index in [2.05, 4.69) is 0 Å². The monoisotopic (exact) mass is 302 g/mol. The van der Waals surface area contributed by atoms with Gasteiger partial charge in [0.1, 0.15) is 0 Å². The molecule has 0 radical (unpaired) electrons. The molecule has 94 valence electrons. The Hall–Kier alpha value is -1.10. The normalized spacial score (nSPS) is 10.8. The number of aliphatic carboxylic acids is 1. The van der Waals surface area contributed by atoms with Crippen LogP contribution in [0.4, 0.5) is 0 Å². The van der Waals surface area contributed by atoms with Gasteiger partial charge in [0.2, 0.25) is 0 Å². The van der Waals surface area contributed by atoms with Gasteiger partial charge in [-0.05, 0) is 23.6 Å². The van der Waals surface area contributed by atoms with Gasteiger partial charge in [0, 0.05) is 11.1 Å². The summed E-state index contributed by atoms with van der Waals surface area (Å²) >= 11 is 13.1. The van der Waals surface area contributed by atoms with Crippen LogP contribution in [0.5, 0.6) is 0 Å². The Balaban J connectivity index is 2.30. The molecule has 2 rings (SSSR count). The Kier molecular flexibility index (Phi) is 3.90. The highest BCUT2D eigenvalue weighted by molar-refractivity contribution is 7.20. The number of carbonyl (C=O) groups excluding carboxylic acids is 1. The van der Waals surface area contributed by atoms with Crippen LogP contribution in [0.25, 0.3) is 10.1 Å². The largest absolute Gasteiger partial charge is 0.481 e. The van der Waals surface area contributed by atoms with Crippen LogP contribution in [0.2, 0.25) is 10.0 Å². The first-order valence-corrected chi connectivity index (χ1v) is 6.68. The van der Waals surface area contributed by atoms with Gasteiger partial charge in [-0.1, -0.05) is 23.2 Å². The van der Waals surface area contributed by atoms with Crippen LogP contribution in [0, 0.1) is 0 Å². The third-order valence-corrected chi connectivity index (χ3v) is 4.26. The highest BCUT2D eigenvalue weighted by Crippen LogP contribution is 2.33. The summed E-state index contributed by atoms with van der Waals surface area (Å²) in [5.74, 6) is -1.15. The van der Waals surface area contributed by atoms with Crippen molar-refractivity contribution >= 4 is 56.4 Å². The Morgan fingerprint density at radius 2 is 1.78 bits per heavy atom. The summed E-state index contributed by atoms with van der Waals surface area (Å²) in [6, 6.07) is 5.12. The van der Waals surface area contributed by atoms with Crippen molar-refractivity contribution in [1.29, 1.82) is 0 Å². The van der Waals surface area contributed by atoms with E-state index in [0.29, 0.717) is 14.9 Å². The zero-order valence-corrected chi connectivity index (χ0v) is 11.4. The van der Waals surface area contributed by atoms with Crippen molar-refractivity contribution in [1.82, 2.24) is 0 Å². The lowest BCUT2D eigenvalue weighted by Crippen LogP contribution is -2.01. The molecule has 18 heavy (non-hydrogen) atoms. The van der Waals surface area contributed by atoms with Gasteiger partial charge in [-0.2, -0.15) is 0 Å². The van der Waals surface area contributed by atoms with Crippen molar-refractivity contribution in [2.75, 3.05) is 0 Å². The molecule has 1 aromatic heterocycles. The maximum atomic E-state index is 11.8. The second-order valence-corrected chi connectivity index (χ2v) is 5.63. The second kappa shape index (κ2) is 5.26. The third kappa shape index (κ3) is 2.83. The molecule has 0 fully saturated rings. The predicted octanol–water partition coefficient (Wildman–Crippen LogP) is 4.26. The maximum Gasteiger partial charge on any atom is 0.303 e. The number of ketones is 1. The average molecular weight is 303 g/mol. The third-order valence-electron chi connectivity index (χ3n) is 2.40. The number of Topliss-reactive ketones (excluding diaryl/α,β-unsaturated/α-hetero) is 1. The lowest BCUT2D eigenvalue weighted by Gasteiger charge is -1.93. The van der Waals surface area contributed by atoms with Gasteiger partial charge in [0.15, 0.2) is 5.78 Å². The van der Waals surface area contributed by atoms with E-state index < -0.39 is 5.97 Å². The summed E-state index contributed by atoms with van der Waals surface area (Å²) in [5.41, 5.74) is 0. The number of fused-ring (bicyclic) bond motifs is 1. The molecular formula is C12H8Cl2O3S. The molecule has 6 heteroatoms. The van der Waals surface area contributed by atoms with Crippen molar-refractivity contribution in [2.45, 2.75) is 12.8 Å². The van der Waals surface area contributed by atoms with Crippen molar-refractivity contribution in [3.63, 3.8) is 0 Å². The first-order valence-electron chi connectivity index (χ1n) is 5.11. The SMILES string of the molecule is O=C(O)CCC(=O)c1cc2cc(Cl)c(Cl)cc2s1. The minimum absolute atomic E-state index is 0.00359. The molecule has 0 aliphatic rings. The fourth-order valence-corrected chi connectivity index (χ4v) is 2.97. The van der Waals surface area contributed by atoms with Crippen molar-refractivity contribution in [2.24, 2.45) is 0 Å². The van der Waals surface area contributed by atoms with Crippen molar-refractivity contribution in [3.05, 3.63) is 33.1 Å². The molecule has 0 amide bonds. The zero-order valence-electron chi connectivity index (χ0n) is 9.07. The predicted molar refractivity (Wildman–Crippen MR) is 73.0 cm³/mol. The van der Waals surface area contributed by atoms with Gasteiger partial charge in [-0.3, -0.25) is 9.59 Å². The number of carbonyl (C=O) groups is 2. The highest BCUT2D eigenvalue weighted by Gasteiger charge is 2.13. The van der Waals surface area contributed by atoms with Gasteiger partial charge in [0.25, 0.3) is 0 Å². The minimum Gasteiger partial charge on any atom is -0.481 e. The van der Waals surface area contributed by atoms with Crippen LogP contribution in [-0.2, 0) is 4.79 Å². The van der Waals surface area contributed by atoms with Gasteiger partial charge < -0.3 is 5.11 Å². The number of thiophene rings is 1. The summed E-state index contributed by atoms with van der Waals surface area (Å²) in [6.07, 6.45) is -0.155. The molecule has 1 N–H and O–H groups in total. The Bertz CT molecular complexity index is 595. The number of carboxylic acid groups (broad SMARTS) is 1. The fraction of sp³-hybridized carbons (Fsp3) is 0.167. The molecule has 0 bridgehead atoms. The molecule has 1 aromatic carbocycles. The van der Waals surface area contributed by atoms with Crippen LogP contribution in [-0.4, -0.2) is 16.9 Å². The molecule has 0 aliphatic heterocycles. The fourth-order valence-electron chi connectivity index (χ4n) is 1.52. The second-order valence-electron chi connectivity index (χ2n) is 3.73. The number of rotatable bonds is 4. The average Bonchev–Trinajstić information content (AvgIpc) is 2.69. The van der Waals surface area contributed by atoms with Gasteiger partial charge in [-0.25, -0.2) is 0 Å². The first-order chi connectivity index (χ1) is 8.47. The topological polar surface area (TPSA) is 54.4 Å². The van der Waals surface area contributed by atoms with E-state index in [1.165, 1.54) is 11.3 Å². The number of halogens is 2. The molecular weight excluding hydrogens is 295 g/mol. The number of benzene rings is 1. The van der Waals surface area contributed by atoms with Crippen LogP contribution in [0.3, 0.4) is 0 Å². The molecule has 0 saturated carbocycles. The van der Waals surface area contributed by atoms with Crippen LogP contribution in [0.1, 0.15) is 22.5 Å². The summed E-state index contributed by atoms with van der Waals surface area (Å²) in [6.45, 7) is 0. The Labute approximate surface area is 117 Å². The van der Waals surface area contributed by atoms with Gasteiger partial charge in [-0.15, -0.1) is 11.3 Å². The number of hydrogen-bond acceptors (Lipinski definition) is 3. The molecule has 0 atom stereocenters. The minimum atomic E-state index is -0.976.